The van der Waals surface area contributed by atoms with Gasteiger partial charge < -0.3 is 10.4 Å². The van der Waals surface area contributed by atoms with Crippen LogP contribution in [0.5, 0.6) is 0 Å². The van der Waals surface area contributed by atoms with Gasteiger partial charge in [-0.15, -0.1) is 0 Å². The van der Waals surface area contributed by atoms with Crippen molar-refractivity contribution in [3.63, 3.8) is 0 Å². The second kappa shape index (κ2) is 7.04. The van der Waals surface area contributed by atoms with E-state index in [2.05, 4.69) is 5.32 Å². The third kappa shape index (κ3) is 4.97. The Hall–Kier alpha value is -1.39. The fourth-order valence-corrected chi connectivity index (χ4v) is 1.77. The number of nitrogens with one attached hydrogen (secondary N) is 1. The number of carbonyl (C=O) groups excluding carboxylic acids is 2. The average molecular weight is 241 g/mol. The van der Waals surface area contributed by atoms with Crippen LogP contribution in [-0.4, -0.2) is 29.3 Å². The van der Waals surface area contributed by atoms with Gasteiger partial charge in [0.25, 0.3) is 0 Å². The van der Waals surface area contributed by atoms with Gasteiger partial charge in [0, 0.05) is 19.4 Å². The van der Waals surface area contributed by atoms with E-state index in [-0.39, 0.29) is 18.1 Å². The molecule has 1 amide bonds. The number of carboxylic acid groups (broad SMARTS) is 1. The number of carbonyl (C=O) groups is 3. The van der Waals surface area contributed by atoms with Gasteiger partial charge in [0.05, 0.1) is 5.92 Å². The summed E-state index contributed by atoms with van der Waals surface area (Å²) in [7, 11) is 0. The van der Waals surface area contributed by atoms with E-state index in [0.29, 0.717) is 25.8 Å². The monoisotopic (exact) mass is 241 g/mol. The van der Waals surface area contributed by atoms with Gasteiger partial charge in [-0.1, -0.05) is 12.8 Å². The Morgan fingerprint density at radius 2 is 1.94 bits per heavy atom. The lowest BCUT2D eigenvalue weighted by Crippen LogP contribution is -2.41. The van der Waals surface area contributed by atoms with Crippen molar-refractivity contribution < 1.29 is 19.5 Å². The quantitative estimate of drug-likeness (QED) is 0.492. The second-order valence-electron chi connectivity index (χ2n) is 4.41. The van der Waals surface area contributed by atoms with E-state index in [1.807, 2.05) is 0 Å². The lowest BCUT2D eigenvalue weighted by Gasteiger charge is -2.22. The molecule has 0 spiro atoms. The maximum atomic E-state index is 11.4. The Bertz CT molecular complexity index is 301. The van der Waals surface area contributed by atoms with E-state index in [1.165, 1.54) is 0 Å². The Morgan fingerprint density at radius 3 is 2.47 bits per heavy atom. The molecule has 17 heavy (non-hydrogen) atoms. The summed E-state index contributed by atoms with van der Waals surface area (Å²) in [5, 5.41) is 11.2. The van der Waals surface area contributed by atoms with Crippen LogP contribution in [0.4, 0.5) is 0 Å². The summed E-state index contributed by atoms with van der Waals surface area (Å²) in [6.07, 6.45) is 4.73. The zero-order valence-electron chi connectivity index (χ0n) is 9.91. The maximum absolute atomic E-state index is 11.4. The molecule has 1 aliphatic carbocycles. The molecule has 96 valence electrons. The van der Waals surface area contributed by atoms with Crippen LogP contribution < -0.4 is 5.32 Å². The molecule has 2 N–H and O–H groups in total. The number of carboxylic acids is 1. The highest BCUT2D eigenvalue weighted by Crippen LogP contribution is 2.21. The van der Waals surface area contributed by atoms with Crippen LogP contribution in [0.3, 0.4) is 0 Å². The largest absolute Gasteiger partial charge is 0.481 e. The van der Waals surface area contributed by atoms with E-state index in [4.69, 9.17) is 5.11 Å². The van der Waals surface area contributed by atoms with E-state index in [0.717, 1.165) is 19.3 Å². The van der Waals surface area contributed by atoms with Gasteiger partial charge in [0.1, 0.15) is 5.78 Å². The van der Waals surface area contributed by atoms with Crippen LogP contribution in [0.1, 0.15) is 44.9 Å². The van der Waals surface area contributed by atoms with E-state index in [9.17, 15) is 14.4 Å². The van der Waals surface area contributed by atoms with Crippen LogP contribution in [0.2, 0.25) is 0 Å². The topological polar surface area (TPSA) is 83.5 Å². The molecular formula is C12H19NO4. The van der Waals surface area contributed by atoms with E-state index >= 15 is 0 Å². The fraction of sp³-hybridized carbons (Fsp3) is 0.750. The molecule has 5 heteroatoms. The molecule has 0 unspecified atom stereocenters. The minimum atomic E-state index is -0.762. The van der Waals surface area contributed by atoms with Crippen molar-refractivity contribution in [1.29, 1.82) is 0 Å². The molecule has 0 aromatic rings. The number of hydrogen-bond donors (Lipinski definition) is 2. The molecule has 1 rings (SSSR count). The minimum absolute atomic E-state index is 0.0453. The van der Waals surface area contributed by atoms with Crippen LogP contribution in [0, 0.1) is 5.92 Å². The summed E-state index contributed by atoms with van der Waals surface area (Å²) < 4.78 is 0. The highest BCUT2D eigenvalue weighted by molar-refractivity contribution is 6.05. The molecule has 1 aliphatic rings. The van der Waals surface area contributed by atoms with Gasteiger partial charge in [-0.25, -0.2) is 0 Å². The summed E-state index contributed by atoms with van der Waals surface area (Å²) in [6, 6.07) is 0. The summed E-state index contributed by atoms with van der Waals surface area (Å²) in [5.74, 6) is -1.26. The fourth-order valence-electron chi connectivity index (χ4n) is 1.77. The summed E-state index contributed by atoms with van der Waals surface area (Å²) >= 11 is 0. The number of unbranched alkanes of at least 4 members (excludes halogenated alkanes) is 3. The first-order chi connectivity index (χ1) is 8.11. The number of rotatable bonds is 8. The molecule has 1 atom stereocenters. The average Bonchev–Trinajstić information content (AvgIpc) is 2.25. The molecule has 0 aromatic heterocycles. The Labute approximate surface area is 101 Å². The number of ketones is 1. The molecule has 5 nitrogen and oxygen atoms in total. The van der Waals surface area contributed by atoms with Crippen LogP contribution in [0.25, 0.3) is 0 Å². The highest BCUT2D eigenvalue weighted by atomic mass is 16.4. The van der Waals surface area contributed by atoms with Crippen molar-refractivity contribution in [2.75, 3.05) is 6.54 Å². The maximum Gasteiger partial charge on any atom is 0.303 e. The van der Waals surface area contributed by atoms with Gasteiger partial charge in [-0.05, 0) is 19.3 Å². The predicted octanol–water partition coefficient (Wildman–Crippen LogP) is 1.12. The van der Waals surface area contributed by atoms with Crippen LogP contribution >= 0.6 is 0 Å². The first kappa shape index (κ1) is 13.7. The smallest absolute Gasteiger partial charge is 0.303 e. The Balaban J connectivity index is 1.92. The molecule has 0 radical (unpaired) electrons. The molecule has 0 bridgehead atoms. The number of Topliss-reactive ketones (excluding diaryl/α,β-unsaturated/α-hetero) is 1. The zero-order chi connectivity index (χ0) is 12.7. The molecular weight excluding hydrogens is 222 g/mol. The van der Waals surface area contributed by atoms with Crippen molar-refractivity contribution in [2.45, 2.75) is 44.9 Å². The lowest BCUT2D eigenvalue weighted by atomic mass is 9.83. The normalized spacial score (nSPS) is 18.6. The summed E-state index contributed by atoms with van der Waals surface area (Å²) in [6.45, 7) is 0.579. The van der Waals surface area contributed by atoms with Gasteiger partial charge in [0.2, 0.25) is 5.91 Å². The molecule has 0 aliphatic heterocycles. The summed E-state index contributed by atoms with van der Waals surface area (Å²) in [4.78, 5) is 32.6. The molecule has 1 saturated carbocycles. The lowest BCUT2D eigenvalue weighted by molar-refractivity contribution is -0.140. The molecule has 0 heterocycles. The van der Waals surface area contributed by atoms with Crippen molar-refractivity contribution in [1.82, 2.24) is 5.32 Å². The first-order valence-electron chi connectivity index (χ1n) is 6.13. The number of hydrogen-bond acceptors (Lipinski definition) is 3. The molecule has 0 saturated heterocycles. The Kier molecular flexibility index (Phi) is 5.66. The standard InChI is InChI=1S/C12H19NO4/c14-10-7-6-9(10)12(17)13-8-4-2-1-3-5-11(15)16/h9H,1-8H2,(H,13,17)(H,15,16)/t9-/m1/s1. The summed E-state index contributed by atoms with van der Waals surface area (Å²) in [5.41, 5.74) is 0. The predicted molar refractivity (Wildman–Crippen MR) is 61.5 cm³/mol. The number of aliphatic carboxylic acids is 1. The van der Waals surface area contributed by atoms with Gasteiger partial charge >= 0.3 is 5.97 Å². The SMILES string of the molecule is O=C(O)CCCCCCNC(=O)[C@@H]1CCC1=O. The third-order valence-electron chi connectivity index (χ3n) is 3.00. The second-order valence-corrected chi connectivity index (χ2v) is 4.41. The van der Waals surface area contributed by atoms with Gasteiger partial charge in [-0.2, -0.15) is 0 Å². The minimum Gasteiger partial charge on any atom is -0.481 e. The van der Waals surface area contributed by atoms with Crippen molar-refractivity contribution >= 4 is 17.7 Å². The molecule has 0 aromatic carbocycles. The first-order valence-corrected chi connectivity index (χ1v) is 6.13. The third-order valence-corrected chi connectivity index (χ3v) is 3.00. The van der Waals surface area contributed by atoms with Gasteiger partial charge in [-0.3, -0.25) is 14.4 Å². The van der Waals surface area contributed by atoms with Crippen molar-refractivity contribution in [3.8, 4) is 0 Å². The van der Waals surface area contributed by atoms with Crippen molar-refractivity contribution in [2.24, 2.45) is 5.92 Å². The van der Waals surface area contributed by atoms with Crippen LogP contribution in [-0.2, 0) is 14.4 Å². The molecule has 1 fully saturated rings. The van der Waals surface area contributed by atoms with E-state index < -0.39 is 11.9 Å². The zero-order valence-corrected chi connectivity index (χ0v) is 9.91. The Morgan fingerprint density at radius 1 is 1.24 bits per heavy atom. The van der Waals surface area contributed by atoms with E-state index in [1.54, 1.807) is 0 Å². The number of amides is 1. The van der Waals surface area contributed by atoms with Crippen LogP contribution in [0.15, 0.2) is 0 Å². The van der Waals surface area contributed by atoms with Crippen molar-refractivity contribution in [3.05, 3.63) is 0 Å². The highest BCUT2D eigenvalue weighted by Gasteiger charge is 2.34. The van der Waals surface area contributed by atoms with Gasteiger partial charge in [0.15, 0.2) is 0 Å².